The molecule has 41 heavy (non-hydrogen) atoms. The van der Waals surface area contributed by atoms with Gasteiger partial charge in [0, 0.05) is 39.8 Å². The zero-order valence-electron chi connectivity index (χ0n) is 25.4. The van der Waals surface area contributed by atoms with Crippen molar-refractivity contribution in [1.29, 1.82) is 0 Å². The number of carbonyl (C=O) groups excluding carboxylic acids is 4. The summed E-state index contributed by atoms with van der Waals surface area (Å²) in [5.41, 5.74) is 0.757. The number of amides is 4. The smallest absolute Gasteiger partial charge is 0.410 e. The Morgan fingerprint density at radius 3 is 2.54 bits per heavy atom. The van der Waals surface area contributed by atoms with E-state index in [1.807, 2.05) is 26.8 Å². The molecule has 0 aliphatic carbocycles. The number of hydrogen-bond donors (Lipinski definition) is 0. The molecule has 0 spiro atoms. The fourth-order valence-electron chi connectivity index (χ4n) is 5.31. The molecule has 1 aromatic carbocycles. The molecule has 3 heterocycles. The lowest BCUT2D eigenvalue weighted by atomic mass is 10.0. The highest BCUT2D eigenvalue weighted by Crippen LogP contribution is 2.32. The van der Waals surface area contributed by atoms with E-state index in [1.165, 1.54) is 0 Å². The number of hydrogen-bond acceptors (Lipinski definition) is 7. The van der Waals surface area contributed by atoms with Gasteiger partial charge in [-0.1, -0.05) is 19.6 Å². The van der Waals surface area contributed by atoms with Gasteiger partial charge in [-0.25, -0.2) is 4.79 Å². The summed E-state index contributed by atoms with van der Waals surface area (Å²) < 4.78 is 17.6. The molecular weight excluding hydrogens is 542 g/mol. The molecule has 4 amide bonds. The van der Waals surface area contributed by atoms with Crippen LogP contribution < -0.4 is 4.74 Å². The number of ether oxygens (including phenoxy) is 3. The number of imide groups is 1. The van der Waals surface area contributed by atoms with E-state index < -0.39 is 19.7 Å². The number of rotatable bonds is 8. The van der Waals surface area contributed by atoms with Crippen molar-refractivity contribution >= 4 is 31.9 Å². The maximum atomic E-state index is 13.3. The number of carbonyl (C=O) groups is 4. The number of nitrogens with zero attached hydrogens (tertiary/aromatic N) is 3. The summed E-state index contributed by atoms with van der Waals surface area (Å²) in [7, 11) is -1.30. The Morgan fingerprint density at radius 2 is 1.83 bits per heavy atom. The SMILES string of the molecule is CC(C)(C)OC(=O)N1CCCC[C@@H](Oc2ccc3c(c2)CN(C2CCC(=O)N(COCC[Si](C)(C)C)C2=O)C3=O)C1. The third-order valence-electron chi connectivity index (χ3n) is 7.57. The van der Waals surface area contributed by atoms with Gasteiger partial charge in [-0.2, -0.15) is 0 Å². The largest absolute Gasteiger partial charge is 0.489 e. The number of piperidine rings is 1. The Labute approximate surface area is 244 Å². The molecule has 0 saturated carbocycles. The molecule has 2 saturated heterocycles. The molecule has 0 bridgehead atoms. The molecule has 226 valence electrons. The van der Waals surface area contributed by atoms with E-state index >= 15 is 0 Å². The molecule has 1 aromatic rings. The summed E-state index contributed by atoms with van der Waals surface area (Å²) >= 11 is 0. The van der Waals surface area contributed by atoms with Crippen LogP contribution in [0.5, 0.6) is 5.75 Å². The molecule has 3 aliphatic rings. The Bertz CT molecular complexity index is 1160. The first-order valence-electron chi connectivity index (χ1n) is 14.7. The van der Waals surface area contributed by atoms with Crippen LogP contribution in [0.3, 0.4) is 0 Å². The van der Waals surface area contributed by atoms with Crippen LogP contribution in [0, 0.1) is 0 Å². The first-order chi connectivity index (χ1) is 19.2. The summed E-state index contributed by atoms with van der Waals surface area (Å²) in [5, 5.41) is 0. The second-order valence-electron chi connectivity index (χ2n) is 13.5. The molecule has 3 aliphatic heterocycles. The lowest BCUT2D eigenvalue weighted by Gasteiger charge is -2.35. The predicted molar refractivity (Wildman–Crippen MR) is 156 cm³/mol. The second-order valence-corrected chi connectivity index (χ2v) is 19.1. The van der Waals surface area contributed by atoms with Gasteiger partial charge in [0.05, 0.1) is 6.54 Å². The Kier molecular flexibility index (Phi) is 9.48. The van der Waals surface area contributed by atoms with Gasteiger partial charge in [0.25, 0.3) is 11.8 Å². The van der Waals surface area contributed by atoms with Crippen molar-refractivity contribution in [3.8, 4) is 5.75 Å². The fourth-order valence-corrected chi connectivity index (χ4v) is 6.07. The van der Waals surface area contributed by atoms with Gasteiger partial charge < -0.3 is 24.0 Å². The molecule has 0 N–H and O–H groups in total. The fraction of sp³-hybridized carbons (Fsp3) is 0.667. The standard InChI is InChI=1S/C30H45N3O7Si/c1-30(2,3)40-29(37)31-14-8-7-9-23(19-31)39-22-10-11-24-21(17-22)18-32(27(24)35)25-12-13-26(34)33(28(25)36)20-38-15-16-41(4,5)6/h10-11,17,23,25H,7-9,12-16,18-20H2,1-6H3/t23-,25?/m1/s1. The minimum Gasteiger partial charge on any atom is -0.489 e. The van der Waals surface area contributed by atoms with Crippen LogP contribution >= 0.6 is 0 Å². The average molecular weight is 588 g/mol. The number of fused-ring (bicyclic) bond motifs is 1. The summed E-state index contributed by atoms with van der Waals surface area (Å²) in [5.74, 6) is -0.239. The number of likely N-dealkylation sites (tertiary alicyclic amines) is 2. The van der Waals surface area contributed by atoms with E-state index in [2.05, 4.69) is 19.6 Å². The van der Waals surface area contributed by atoms with E-state index in [1.54, 1.807) is 21.9 Å². The van der Waals surface area contributed by atoms with Crippen molar-refractivity contribution < 1.29 is 33.4 Å². The second kappa shape index (κ2) is 12.5. The summed E-state index contributed by atoms with van der Waals surface area (Å²) in [4.78, 5) is 56.3. The topological polar surface area (TPSA) is 106 Å². The van der Waals surface area contributed by atoms with E-state index in [4.69, 9.17) is 14.2 Å². The molecule has 0 radical (unpaired) electrons. The van der Waals surface area contributed by atoms with Gasteiger partial charge in [-0.05, 0) is 76.3 Å². The van der Waals surface area contributed by atoms with Gasteiger partial charge in [-0.3, -0.25) is 19.3 Å². The molecule has 1 unspecified atom stereocenters. The summed E-state index contributed by atoms with van der Waals surface area (Å²) in [6.45, 7) is 14.0. The van der Waals surface area contributed by atoms with Crippen molar-refractivity contribution in [2.24, 2.45) is 0 Å². The molecule has 11 heteroatoms. The third kappa shape index (κ3) is 8.09. The van der Waals surface area contributed by atoms with E-state index in [-0.39, 0.29) is 49.6 Å². The van der Waals surface area contributed by atoms with Crippen molar-refractivity contribution in [3.05, 3.63) is 29.3 Å². The van der Waals surface area contributed by atoms with E-state index in [9.17, 15) is 19.2 Å². The molecule has 2 fully saturated rings. The Hall–Kier alpha value is -2.92. The van der Waals surface area contributed by atoms with Crippen molar-refractivity contribution in [3.63, 3.8) is 0 Å². The highest BCUT2D eigenvalue weighted by Gasteiger charge is 2.43. The molecule has 4 rings (SSSR count). The van der Waals surface area contributed by atoms with Gasteiger partial charge in [0.1, 0.15) is 30.2 Å². The highest BCUT2D eigenvalue weighted by molar-refractivity contribution is 6.76. The maximum Gasteiger partial charge on any atom is 0.410 e. The zero-order chi connectivity index (χ0) is 29.9. The van der Waals surface area contributed by atoms with Crippen molar-refractivity contribution in [2.75, 3.05) is 26.4 Å². The van der Waals surface area contributed by atoms with Gasteiger partial charge in [-0.15, -0.1) is 0 Å². The average Bonchev–Trinajstić information content (AvgIpc) is 3.02. The van der Waals surface area contributed by atoms with Crippen LogP contribution in [0.15, 0.2) is 18.2 Å². The Balaban J connectivity index is 1.38. The molecule has 10 nitrogen and oxygen atoms in total. The first kappa shape index (κ1) is 31.0. The molecular formula is C30H45N3O7Si. The van der Waals surface area contributed by atoms with Gasteiger partial charge in [0.15, 0.2) is 0 Å². The minimum atomic E-state index is -1.30. The van der Waals surface area contributed by atoms with Crippen LogP contribution in [0.1, 0.15) is 68.8 Å². The van der Waals surface area contributed by atoms with Crippen LogP contribution in [-0.2, 0) is 25.6 Å². The van der Waals surface area contributed by atoms with E-state index in [0.29, 0.717) is 37.4 Å². The van der Waals surface area contributed by atoms with Crippen LogP contribution in [-0.4, -0.2) is 90.8 Å². The van der Waals surface area contributed by atoms with Crippen LogP contribution in [0.4, 0.5) is 4.79 Å². The van der Waals surface area contributed by atoms with Crippen molar-refractivity contribution in [1.82, 2.24) is 14.7 Å². The minimum absolute atomic E-state index is 0.0761. The predicted octanol–water partition coefficient (Wildman–Crippen LogP) is 4.64. The lowest BCUT2D eigenvalue weighted by Crippen LogP contribution is -2.55. The molecule has 0 aromatic heterocycles. The zero-order valence-corrected chi connectivity index (χ0v) is 26.4. The van der Waals surface area contributed by atoms with E-state index in [0.717, 1.165) is 35.8 Å². The number of benzene rings is 1. The first-order valence-corrected chi connectivity index (χ1v) is 18.4. The van der Waals surface area contributed by atoms with Gasteiger partial charge in [0.2, 0.25) is 5.91 Å². The Morgan fingerprint density at radius 1 is 1.07 bits per heavy atom. The summed E-state index contributed by atoms with van der Waals surface area (Å²) in [6.07, 6.45) is 2.58. The molecule has 2 atom stereocenters. The van der Waals surface area contributed by atoms with Gasteiger partial charge >= 0.3 is 6.09 Å². The quantitative estimate of drug-likeness (QED) is 0.248. The van der Waals surface area contributed by atoms with Crippen molar-refractivity contribution in [2.45, 2.75) is 103 Å². The van der Waals surface area contributed by atoms with Crippen LogP contribution in [0.2, 0.25) is 25.7 Å². The highest BCUT2D eigenvalue weighted by atomic mass is 28.3. The maximum absolute atomic E-state index is 13.3. The monoisotopic (exact) mass is 587 g/mol. The third-order valence-corrected chi connectivity index (χ3v) is 9.27. The van der Waals surface area contributed by atoms with Crippen LogP contribution in [0.25, 0.3) is 0 Å². The lowest BCUT2D eigenvalue weighted by molar-refractivity contribution is -0.158. The normalized spacial score (nSPS) is 22.1. The summed E-state index contributed by atoms with van der Waals surface area (Å²) in [6, 6.07) is 5.60.